The summed E-state index contributed by atoms with van der Waals surface area (Å²) in [6.07, 6.45) is 2.32. The normalized spacial score (nSPS) is 12.1. The zero-order valence-electron chi connectivity index (χ0n) is 18.4. The van der Waals surface area contributed by atoms with Gasteiger partial charge >= 0.3 is 0 Å². The number of rotatable bonds is 7. The van der Waals surface area contributed by atoms with Gasteiger partial charge < -0.3 is 19.7 Å². The number of carbonyl (C=O) groups is 1. The number of hydrogen-bond acceptors (Lipinski definition) is 4. The Morgan fingerprint density at radius 1 is 1.13 bits per heavy atom. The first-order valence-corrected chi connectivity index (χ1v) is 10.5. The molecule has 2 aromatic heterocycles. The summed E-state index contributed by atoms with van der Waals surface area (Å²) in [6.45, 7) is 4.20. The molecule has 31 heavy (non-hydrogen) atoms. The first-order chi connectivity index (χ1) is 14.9. The van der Waals surface area contributed by atoms with Gasteiger partial charge in [-0.05, 0) is 43.2 Å². The molecule has 0 bridgehead atoms. The van der Waals surface area contributed by atoms with Crippen LogP contribution in [0.4, 0.5) is 5.69 Å². The maximum absolute atomic E-state index is 12.7. The number of aromatic nitrogens is 2. The van der Waals surface area contributed by atoms with Crippen molar-refractivity contribution in [1.82, 2.24) is 15.5 Å². The molecule has 0 saturated heterocycles. The van der Waals surface area contributed by atoms with E-state index in [2.05, 4.69) is 63.0 Å². The Morgan fingerprint density at radius 3 is 2.55 bits per heavy atom. The highest BCUT2D eigenvalue weighted by molar-refractivity contribution is 5.84. The largest absolute Gasteiger partial charge is 0.378 e. The first-order valence-electron chi connectivity index (χ1n) is 10.5. The van der Waals surface area contributed by atoms with E-state index in [0.717, 1.165) is 28.0 Å². The van der Waals surface area contributed by atoms with Crippen LogP contribution in [0.2, 0.25) is 0 Å². The average molecular weight is 417 g/mol. The molecule has 0 unspecified atom stereocenters. The van der Waals surface area contributed by atoms with Crippen molar-refractivity contribution in [2.75, 3.05) is 25.5 Å². The maximum atomic E-state index is 12.7. The molecule has 0 aliphatic heterocycles. The van der Waals surface area contributed by atoms with Crippen molar-refractivity contribution in [3.63, 3.8) is 0 Å². The Hall–Kier alpha value is -3.54. The second kappa shape index (κ2) is 8.68. The third-order valence-corrected chi connectivity index (χ3v) is 5.83. The van der Waals surface area contributed by atoms with Crippen LogP contribution in [-0.4, -0.2) is 36.7 Å². The molecule has 160 valence electrons. The Kier molecular flexibility index (Phi) is 5.80. The molecule has 2 aromatic carbocycles. The summed E-state index contributed by atoms with van der Waals surface area (Å²) in [5.41, 5.74) is 6.19. The third kappa shape index (κ3) is 4.33. The highest BCUT2D eigenvalue weighted by atomic mass is 16.5. The molecule has 0 spiro atoms. The van der Waals surface area contributed by atoms with Crippen LogP contribution in [0.5, 0.6) is 0 Å². The van der Waals surface area contributed by atoms with Crippen molar-refractivity contribution >= 4 is 22.5 Å². The van der Waals surface area contributed by atoms with Gasteiger partial charge in [-0.2, -0.15) is 0 Å². The number of benzene rings is 2. The SMILES string of the molecule is Cc1noc(C)c1CC(=O)NC[C@H](c1ccc(N(C)C)cc1)c1c[nH]c2ccccc12. The van der Waals surface area contributed by atoms with Crippen molar-refractivity contribution in [2.24, 2.45) is 0 Å². The molecule has 4 aromatic rings. The van der Waals surface area contributed by atoms with Crippen LogP contribution in [0, 0.1) is 13.8 Å². The lowest BCUT2D eigenvalue weighted by Crippen LogP contribution is -2.30. The molecule has 1 amide bonds. The number of aromatic amines is 1. The van der Waals surface area contributed by atoms with Crippen LogP contribution in [0.3, 0.4) is 0 Å². The quantitative estimate of drug-likeness (QED) is 0.470. The number of amides is 1. The van der Waals surface area contributed by atoms with Crippen LogP contribution in [0.1, 0.15) is 34.1 Å². The van der Waals surface area contributed by atoms with E-state index >= 15 is 0 Å². The molecular weight excluding hydrogens is 388 g/mol. The monoisotopic (exact) mass is 416 g/mol. The van der Waals surface area contributed by atoms with Crippen LogP contribution < -0.4 is 10.2 Å². The predicted molar refractivity (Wildman–Crippen MR) is 124 cm³/mol. The van der Waals surface area contributed by atoms with E-state index in [-0.39, 0.29) is 18.2 Å². The summed E-state index contributed by atoms with van der Waals surface area (Å²) in [5.74, 6) is 0.685. The van der Waals surface area contributed by atoms with Gasteiger partial charge in [0.15, 0.2) is 0 Å². The molecule has 2 N–H and O–H groups in total. The number of anilines is 1. The van der Waals surface area contributed by atoms with Gasteiger partial charge in [-0.15, -0.1) is 0 Å². The lowest BCUT2D eigenvalue weighted by molar-refractivity contribution is -0.120. The zero-order chi connectivity index (χ0) is 22.0. The van der Waals surface area contributed by atoms with E-state index in [9.17, 15) is 4.79 Å². The second-order valence-electron chi connectivity index (χ2n) is 8.11. The zero-order valence-corrected chi connectivity index (χ0v) is 18.4. The highest BCUT2D eigenvalue weighted by Gasteiger charge is 2.20. The van der Waals surface area contributed by atoms with E-state index in [4.69, 9.17) is 4.52 Å². The topological polar surface area (TPSA) is 74.2 Å². The minimum atomic E-state index is -0.0378. The Morgan fingerprint density at radius 2 is 1.87 bits per heavy atom. The minimum absolute atomic E-state index is 0.0287. The molecule has 6 nitrogen and oxygen atoms in total. The van der Waals surface area contributed by atoms with Crippen molar-refractivity contribution < 1.29 is 9.32 Å². The van der Waals surface area contributed by atoms with Crippen LogP contribution in [0.25, 0.3) is 10.9 Å². The number of aryl methyl sites for hydroxylation is 2. The molecule has 2 heterocycles. The predicted octanol–water partition coefficient (Wildman–Crippen LogP) is 4.33. The maximum Gasteiger partial charge on any atom is 0.224 e. The number of nitrogens with one attached hydrogen (secondary N) is 2. The number of fused-ring (bicyclic) bond motifs is 1. The van der Waals surface area contributed by atoms with Crippen LogP contribution in [-0.2, 0) is 11.2 Å². The summed E-state index contributed by atoms with van der Waals surface area (Å²) >= 11 is 0. The van der Waals surface area contributed by atoms with E-state index in [1.807, 2.05) is 40.1 Å². The fraction of sp³-hybridized carbons (Fsp3) is 0.280. The number of hydrogen-bond donors (Lipinski definition) is 2. The summed E-state index contributed by atoms with van der Waals surface area (Å²) < 4.78 is 5.19. The molecular formula is C25H28N4O2. The summed E-state index contributed by atoms with van der Waals surface area (Å²) in [4.78, 5) is 18.2. The van der Waals surface area contributed by atoms with Gasteiger partial charge in [-0.3, -0.25) is 4.79 Å². The Labute approximate surface area is 182 Å². The summed E-state index contributed by atoms with van der Waals surface area (Å²) in [5, 5.41) is 8.25. The average Bonchev–Trinajstić information content (AvgIpc) is 3.33. The Bertz CT molecular complexity index is 1170. The van der Waals surface area contributed by atoms with E-state index in [0.29, 0.717) is 12.3 Å². The van der Waals surface area contributed by atoms with Crippen molar-refractivity contribution in [2.45, 2.75) is 26.2 Å². The molecule has 4 rings (SSSR count). The van der Waals surface area contributed by atoms with Crippen LogP contribution >= 0.6 is 0 Å². The number of carbonyl (C=O) groups excluding carboxylic acids is 1. The molecule has 0 saturated carbocycles. The second-order valence-corrected chi connectivity index (χ2v) is 8.11. The van der Waals surface area contributed by atoms with Crippen LogP contribution in [0.15, 0.2) is 59.3 Å². The molecule has 0 aliphatic rings. The molecule has 0 fully saturated rings. The molecule has 6 heteroatoms. The van der Waals surface area contributed by atoms with Gasteiger partial charge in [0.05, 0.1) is 12.1 Å². The fourth-order valence-electron chi connectivity index (χ4n) is 3.99. The first kappa shape index (κ1) is 20.7. The van der Waals surface area contributed by atoms with Crippen molar-refractivity contribution in [3.8, 4) is 0 Å². The van der Waals surface area contributed by atoms with Gasteiger partial charge in [0, 0.05) is 54.9 Å². The third-order valence-electron chi connectivity index (χ3n) is 5.83. The summed E-state index contributed by atoms with van der Waals surface area (Å²) in [6, 6.07) is 16.8. The van der Waals surface area contributed by atoms with E-state index < -0.39 is 0 Å². The van der Waals surface area contributed by atoms with E-state index in [1.54, 1.807) is 0 Å². The Balaban J connectivity index is 1.60. The van der Waals surface area contributed by atoms with Gasteiger partial charge in [0.2, 0.25) is 5.91 Å². The highest BCUT2D eigenvalue weighted by Crippen LogP contribution is 2.31. The van der Waals surface area contributed by atoms with Gasteiger partial charge in [-0.25, -0.2) is 0 Å². The number of para-hydroxylation sites is 1. The minimum Gasteiger partial charge on any atom is -0.378 e. The fourth-order valence-corrected chi connectivity index (χ4v) is 3.99. The number of nitrogens with zero attached hydrogens (tertiary/aromatic N) is 2. The van der Waals surface area contributed by atoms with Crippen molar-refractivity contribution in [1.29, 1.82) is 0 Å². The summed E-state index contributed by atoms with van der Waals surface area (Å²) in [7, 11) is 4.06. The molecule has 0 aliphatic carbocycles. The lowest BCUT2D eigenvalue weighted by Gasteiger charge is -2.20. The molecule has 0 radical (unpaired) electrons. The standard InChI is InChI=1S/C25H28N4O2/c1-16-21(17(2)31-28-16)13-25(30)27-14-22(18-9-11-19(12-10-18)29(3)4)23-15-26-24-8-6-5-7-20(23)24/h5-12,15,22,26H,13-14H2,1-4H3,(H,27,30)/t22-/m1/s1. The molecule has 1 atom stereocenters. The van der Waals surface area contributed by atoms with E-state index in [1.165, 1.54) is 10.9 Å². The van der Waals surface area contributed by atoms with Gasteiger partial charge in [0.1, 0.15) is 5.76 Å². The lowest BCUT2D eigenvalue weighted by atomic mass is 9.90. The van der Waals surface area contributed by atoms with Gasteiger partial charge in [-0.1, -0.05) is 35.5 Å². The van der Waals surface area contributed by atoms with Gasteiger partial charge in [0.25, 0.3) is 0 Å². The number of H-pyrrole nitrogens is 1. The van der Waals surface area contributed by atoms with Crippen molar-refractivity contribution in [3.05, 3.63) is 82.9 Å². The smallest absolute Gasteiger partial charge is 0.224 e.